The van der Waals surface area contributed by atoms with Gasteiger partial charge in [0.2, 0.25) is 0 Å². The molecule has 0 heterocycles. The maximum absolute atomic E-state index is 12.7. The second-order valence-corrected chi connectivity index (χ2v) is 5.19. The fourth-order valence-corrected chi connectivity index (χ4v) is 1.87. The molecule has 124 valence electrons. The Kier molecular flexibility index (Phi) is 9.19. The summed E-state index contributed by atoms with van der Waals surface area (Å²) in [6.45, 7) is 4.37. The highest BCUT2D eigenvalue weighted by Crippen LogP contribution is 2.18. The normalized spacial score (nSPS) is 14.2. The number of nitrogens with one attached hydrogen (secondary N) is 2. The summed E-state index contributed by atoms with van der Waals surface area (Å²) in [5.74, 6) is 1.39. The van der Waals surface area contributed by atoms with E-state index >= 15 is 0 Å². The van der Waals surface area contributed by atoms with Gasteiger partial charge in [0.05, 0.1) is 6.61 Å². The number of unbranched alkanes of at least 4 members (excludes halogenated alkanes) is 1. The van der Waals surface area contributed by atoms with Crippen LogP contribution in [0.2, 0.25) is 0 Å². The fourth-order valence-electron chi connectivity index (χ4n) is 1.87. The first-order chi connectivity index (χ1) is 10.3. The molecule has 1 aliphatic rings. The van der Waals surface area contributed by atoms with Crippen molar-refractivity contribution in [1.82, 2.24) is 10.6 Å². The first kappa shape index (κ1) is 19.0. The number of benzene rings is 1. The van der Waals surface area contributed by atoms with Crippen molar-refractivity contribution in [2.45, 2.75) is 38.6 Å². The van der Waals surface area contributed by atoms with E-state index in [-0.39, 0.29) is 29.8 Å². The molecule has 0 saturated heterocycles. The standard InChI is InChI=1S/C16H24FN3O.HI/c1-2-18-16(20-14-7-8-14)19-11-3-4-12-21-15-9-5-13(17)6-10-15;/h5-6,9-10,14H,2-4,7-8,11-12H2,1H3,(H2,18,19,20);1H. The van der Waals surface area contributed by atoms with Crippen molar-refractivity contribution in [3.05, 3.63) is 30.1 Å². The van der Waals surface area contributed by atoms with E-state index in [0.717, 1.165) is 31.9 Å². The molecule has 1 aromatic carbocycles. The van der Waals surface area contributed by atoms with Gasteiger partial charge in [-0.3, -0.25) is 4.99 Å². The molecule has 0 amide bonds. The predicted octanol–water partition coefficient (Wildman–Crippen LogP) is 3.32. The number of ether oxygens (including phenoxy) is 1. The van der Waals surface area contributed by atoms with E-state index in [9.17, 15) is 4.39 Å². The second kappa shape index (κ2) is 10.6. The summed E-state index contributed by atoms with van der Waals surface area (Å²) in [6, 6.07) is 6.73. The molecule has 22 heavy (non-hydrogen) atoms. The minimum atomic E-state index is -0.240. The quantitative estimate of drug-likeness (QED) is 0.293. The molecule has 0 unspecified atom stereocenters. The Bertz CT molecular complexity index is 449. The zero-order chi connectivity index (χ0) is 14.9. The van der Waals surface area contributed by atoms with Crippen molar-refractivity contribution in [3.8, 4) is 5.75 Å². The molecule has 4 nitrogen and oxygen atoms in total. The summed E-state index contributed by atoms with van der Waals surface area (Å²) in [5, 5.41) is 6.63. The van der Waals surface area contributed by atoms with Crippen LogP contribution in [0, 0.1) is 5.82 Å². The molecule has 0 aromatic heterocycles. The van der Waals surface area contributed by atoms with Gasteiger partial charge in [0, 0.05) is 19.1 Å². The SMILES string of the molecule is CCNC(=NCCCCOc1ccc(F)cc1)NC1CC1.I. The van der Waals surface area contributed by atoms with Crippen molar-refractivity contribution in [2.24, 2.45) is 4.99 Å². The third-order valence-corrected chi connectivity index (χ3v) is 3.17. The number of halogens is 2. The van der Waals surface area contributed by atoms with Crippen molar-refractivity contribution < 1.29 is 9.13 Å². The molecular weight excluding hydrogens is 396 g/mol. The third kappa shape index (κ3) is 7.82. The Morgan fingerprint density at radius 1 is 1.27 bits per heavy atom. The highest BCUT2D eigenvalue weighted by molar-refractivity contribution is 14.0. The molecule has 1 aliphatic carbocycles. The molecule has 2 N–H and O–H groups in total. The average Bonchev–Trinajstić information content (AvgIpc) is 3.28. The first-order valence-corrected chi connectivity index (χ1v) is 7.71. The highest BCUT2D eigenvalue weighted by Gasteiger charge is 2.21. The molecule has 2 rings (SSSR count). The largest absolute Gasteiger partial charge is 0.494 e. The van der Waals surface area contributed by atoms with Gasteiger partial charge < -0.3 is 15.4 Å². The zero-order valence-corrected chi connectivity index (χ0v) is 15.3. The molecule has 1 fully saturated rings. The van der Waals surface area contributed by atoms with Crippen molar-refractivity contribution >= 4 is 29.9 Å². The predicted molar refractivity (Wildman–Crippen MR) is 98.7 cm³/mol. The second-order valence-electron chi connectivity index (χ2n) is 5.19. The Morgan fingerprint density at radius 3 is 2.64 bits per heavy atom. The molecule has 1 saturated carbocycles. The Morgan fingerprint density at radius 2 is 2.00 bits per heavy atom. The van der Waals surface area contributed by atoms with Crippen LogP contribution < -0.4 is 15.4 Å². The molecule has 0 bridgehead atoms. The Hall–Kier alpha value is -1.05. The van der Waals surface area contributed by atoms with Gasteiger partial charge in [-0.15, -0.1) is 24.0 Å². The minimum Gasteiger partial charge on any atom is -0.494 e. The summed E-state index contributed by atoms with van der Waals surface area (Å²) >= 11 is 0. The van der Waals surface area contributed by atoms with Gasteiger partial charge in [0.25, 0.3) is 0 Å². The van der Waals surface area contributed by atoms with Gasteiger partial charge in [-0.1, -0.05) is 0 Å². The van der Waals surface area contributed by atoms with Crippen LogP contribution >= 0.6 is 24.0 Å². The number of guanidine groups is 1. The van der Waals surface area contributed by atoms with E-state index in [1.807, 2.05) is 0 Å². The zero-order valence-electron chi connectivity index (χ0n) is 13.0. The van der Waals surface area contributed by atoms with Crippen molar-refractivity contribution in [1.29, 1.82) is 0 Å². The lowest BCUT2D eigenvalue weighted by atomic mass is 10.3. The lowest BCUT2D eigenvalue weighted by Crippen LogP contribution is -2.38. The number of nitrogens with zero attached hydrogens (tertiary/aromatic N) is 1. The van der Waals surface area contributed by atoms with Crippen molar-refractivity contribution in [2.75, 3.05) is 19.7 Å². The van der Waals surface area contributed by atoms with Crippen LogP contribution in [0.3, 0.4) is 0 Å². The van der Waals surface area contributed by atoms with E-state index in [4.69, 9.17) is 4.74 Å². The Balaban J connectivity index is 0.00000242. The summed E-state index contributed by atoms with van der Waals surface area (Å²) in [6.07, 6.45) is 4.40. The third-order valence-electron chi connectivity index (χ3n) is 3.17. The van der Waals surface area contributed by atoms with Crippen LogP contribution in [0.1, 0.15) is 32.6 Å². The number of aliphatic imine (C=N–C) groups is 1. The summed E-state index contributed by atoms with van der Waals surface area (Å²) in [4.78, 5) is 4.54. The highest BCUT2D eigenvalue weighted by atomic mass is 127. The summed E-state index contributed by atoms with van der Waals surface area (Å²) < 4.78 is 18.3. The number of hydrogen-bond donors (Lipinski definition) is 2. The maximum atomic E-state index is 12.7. The lowest BCUT2D eigenvalue weighted by molar-refractivity contribution is 0.307. The van der Waals surface area contributed by atoms with Crippen LogP contribution in [0.4, 0.5) is 4.39 Å². The monoisotopic (exact) mass is 421 g/mol. The summed E-state index contributed by atoms with van der Waals surface area (Å²) in [7, 11) is 0. The number of hydrogen-bond acceptors (Lipinski definition) is 2. The Labute approximate surface area is 148 Å². The van der Waals surface area contributed by atoms with E-state index in [2.05, 4.69) is 22.5 Å². The first-order valence-electron chi connectivity index (χ1n) is 7.71. The topological polar surface area (TPSA) is 45.7 Å². The van der Waals surface area contributed by atoms with E-state index < -0.39 is 0 Å². The molecule has 0 aliphatic heterocycles. The van der Waals surface area contributed by atoms with Crippen LogP contribution in [0.15, 0.2) is 29.3 Å². The average molecular weight is 421 g/mol. The fraction of sp³-hybridized carbons (Fsp3) is 0.562. The molecule has 0 spiro atoms. The van der Waals surface area contributed by atoms with E-state index in [1.54, 1.807) is 12.1 Å². The smallest absolute Gasteiger partial charge is 0.191 e. The van der Waals surface area contributed by atoms with Crippen LogP contribution in [0.25, 0.3) is 0 Å². The van der Waals surface area contributed by atoms with Gasteiger partial charge in [0.15, 0.2) is 5.96 Å². The molecule has 0 radical (unpaired) electrons. The van der Waals surface area contributed by atoms with Crippen LogP contribution in [-0.2, 0) is 0 Å². The minimum absolute atomic E-state index is 0. The van der Waals surface area contributed by atoms with Gasteiger partial charge in [-0.2, -0.15) is 0 Å². The molecular formula is C16H25FIN3O. The van der Waals surface area contributed by atoms with E-state index in [0.29, 0.717) is 18.4 Å². The summed E-state index contributed by atoms with van der Waals surface area (Å²) in [5.41, 5.74) is 0. The van der Waals surface area contributed by atoms with Crippen molar-refractivity contribution in [3.63, 3.8) is 0 Å². The maximum Gasteiger partial charge on any atom is 0.191 e. The molecule has 0 atom stereocenters. The van der Waals surface area contributed by atoms with Gasteiger partial charge in [-0.25, -0.2) is 4.39 Å². The lowest BCUT2D eigenvalue weighted by Gasteiger charge is -2.10. The van der Waals surface area contributed by atoms with Gasteiger partial charge in [0.1, 0.15) is 11.6 Å². The van der Waals surface area contributed by atoms with Gasteiger partial charge >= 0.3 is 0 Å². The van der Waals surface area contributed by atoms with Gasteiger partial charge in [-0.05, 0) is 56.9 Å². The van der Waals surface area contributed by atoms with Crippen LogP contribution in [0.5, 0.6) is 5.75 Å². The number of rotatable bonds is 8. The molecule has 6 heteroatoms. The molecule has 1 aromatic rings. The van der Waals surface area contributed by atoms with Crippen LogP contribution in [-0.4, -0.2) is 31.7 Å². The van der Waals surface area contributed by atoms with E-state index in [1.165, 1.54) is 25.0 Å².